The van der Waals surface area contributed by atoms with Gasteiger partial charge in [-0.1, -0.05) is 12.1 Å². The fraction of sp³-hybridized carbons (Fsp3) is 0.174. The predicted octanol–water partition coefficient (Wildman–Crippen LogP) is 4.36. The number of carbonyl (C=O) groups excluding carboxylic acids is 3. The maximum Gasteiger partial charge on any atom is 0.341 e. The lowest BCUT2D eigenvalue weighted by atomic mass is 10.1. The molecule has 0 aliphatic carbocycles. The van der Waals surface area contributed by atoms with Gasteiger partial charge in [0.25, 0.3) is 11.8 Å². The lowest BCUT2D eigenvalue weighted by Crippen LogP contribution is -2.15. The van der Waals surface area contributed by atoms with E-state index in [9.17, 15) is 14.4 Å². The Morgan fingerprint density at radius 2 is 1.53 bits per heavy atom. The Labute approximate surface area is 189 Å². The second-order valence-electron chi connectivity index (χ2n) is 6.59. The van der Waals surface area contributed by atoms with E-state index in [-0.39, 0.29) is 15.4 Å². The Bertz CT molecular complexity index is 1150. The largest absolute Gasteiger partial charge is 0.497 e. The smallest absolute Gasteiger partial charge is 0.341 e. The Morgan fingerprint density at radius 1 is 0.844 bits per heavy atom. The van der Waals surface area contributed by atoms with E-state index >= 15 is 0 Å². The summed E-state index contributed by atoms with van der Waals surface area (Å²) in [4.78, 5) is 38.5. The lowest BCUT2D eigenvalue weighted by molar-refractivity contribution is 0.0601. The molecule has 166 valence electrons. The van der Waals surface area contributed by atoms with Crippen molar-refractivity contribution in [1.82, 2.24) is 0 Å². The molecule has 3 aromatic rings. The third-order valence-electron chi connectivity index (χ3n) is 4.67. The first kappa shape index (κ1) is 22.8. The standard InChI is InChI=1S/C23H22N2O6S/c1-13-18(23(28)31-4)22(25-20(26)16-7-5-6-8-17(16)30-3)32-19(13)21(27)24-14-9-11-15(29-2)12-10-14/h5-12H,1-4H3,(H,24,27)(H,25,26). The number of methoxy groups -OCH3 is 3. The van der Waals surface area contributed by atoms with Crippen LogP contribution in [0.25, 0.3) is 0 Å². The summed E-state index contributed by atoms with van der Waals surface area (Å²) in [5.74, 6) is -0.505. The van der Waals surface area contributed by atoms with Crippen molar-refractivity contribution in [1.29, 1.82) is 0 Å². The maximum atomic E-state index is 12.9. The summed E-state index contributed by atoms with van der Waals surface area (Å²) in [7, 11) is 4.25. The number of amides is 2. The Kier molecular flexibility index (Phi) is 7.11. The lowest BCUT2D eigenvalue weighted by Gasteiger charge is -2.09. The molecule has 2 aromatic carbocycles. The number of hydrogen-bond acceptors (Lipinski definition) is 7. The van der Waals surface area contributed by atoms with Crippen molar-refractivity contribution in [3.05, 3.63) is 70.1 Å². The van der Waals surface area contributed by atoms with Crippen LogP contribution in [0.15, 0.2) is 48.5 Å². The van der Waals surface area contributed by atoms with Gasteiger partial charge in [0.15, 0.2) is 0 Å². The molecule has 3 rings (SSSR count). The first-order valence-corrected chi connectivity index (χ1v) is 10.3. The molecule has 0 atom stereocenters. The van der Waals surface area contributed by atoms with Crippen LogP contribution >= 0.6 is 11.3 Å². The van der Waals surface area contributed by atoms with Crippen LogP contribution in [0.4, 0.5) is 10.7 Å². The normalized spacial score (nSPS) is 10.2. The Balaban J connectivity index is 1.92. The number of para-hydroxylation sites is 1. The van der Waals surface area contributed by atoms with E-state index < -0.39 is 17.8 Å². The van der Waals surface area contributed by atoms with Crippen molar-refractivity contribution < 1.29 is 28.6 Å². The molecule has 1 aromatic heterocycles. The van der Waals surface area contributed by atoms with Gasteiger partial charge in [-0.2, -0.15) is 0 Å². The molecule has 8 nitrogen and oxygen atoms in total. The average Bonchev–Trinajstić information content (AvgIpc) is 3.14. The molecule has 1 heterocycles. The highest BCUT2D eigenvalue weighted by Gasteiger charge is 2.27. The maximum absolute atomic E-state index is 12.9. The van der Waals surface area contributed by atoms with Gasteiger partial charge in [0.2, 0.25) is 0 Å². The van der Waals surface area contributed by atoms with E-state index in [2.05, 4.69) is 10.6 Å². The third-order valence-corrected chi connectivity index (χ3v) is 5.88. The molecular formula is C23H22N2O6S. The highest BCUT2D eigenvalue weighted by atomic mass is 32.1. The minimum absolute atomic E-state index is 0.126. The average molecular weight is 455 g/mol. The highest BCUT2D eigenvalue weighted by Crippen LogP contribution is 2.35. The monoisotopic (exact) mass is 454 g/mol. The van der Waals surface area contributed by atoms with E-state index in [0.29, 0.717) is 28.3 Å². The van der Waals surface area contributed by atoms with Gasteiger partial charge in [-0.15, -0.1) is 11.3 Å². The number of ether oxygens (including phenoxy) is 3. The molecule has 0 unspecified atom stereocenters. The number of hydrogen-bond donors (Lipinski definition) is 2. The summed E-state index contributed by atoms with van der Waals surface area (Å²) in [5, 5.41) is 5.71. The molecule has 0 saturated carbocycles. The van der Waals surface area contributed by atoms with Crippen molar-refractivity contribution in [2.45, 2.75) is 6.92 Å². The SMILES string of the molecule is COC(=O)c1c(NC(=O)c2ccccc2OC)sc(C(=O)Nc2ccc(OC)cc2)c1C. The van der Waals surface area contributed by atoms with Crippen LogP contribution in [0, 0.1) is 6.92 Å². The molecule has 0 fully saturated rings. The van der Waals surface area contributed by atoms with Crippen LogP contribution in [0.5, 0.6) is 11.5 Å². The molecule has 9 heteroatoms. The molecule has 32 heavy (non-hydrogen) atoms. The summed E-state index contributed by atoms with van der Waals surface area (Å²) in [6, 6.07) is 13.5. The van der Waals surface area contributed by atoms with Crippen LogP contribution in [-0.4, -0.2) is 39.1 Å². The molecule has 0 aliphatic rings. The van der Waals surface area contributed by atoms with Gasteiger partial charge in [0, 0.05) is 5.69 Å². The van der Waals surface area contributed by atoms with Crippen LogP contribution in [0.3, 0.4) is 0 Å². The zero-order chi connectivity index (χ0) is 23.3. The van der Waals surface area contributed by atoms with Crippen LogP contribution < -0.4 is 20.1 Å². The van der Waals surface area contributed by atoms with Gasteiger partial charge in [-0.25, -0.2) is 4.79 Å². The minimum Gasteiger partial charge on any atom is -0.497 e. The molecule has 0 saturated heterocycles. The van der Waals surface area contributed by atoms with Gasteiger partial charge in [0.1, 0.15) is 16.5 Å². The van der Waals surface area contributed by atoms with E-state index in [1.807, 2.05) is 0 Å². The zero-order valence-corrected chi connectivity index (χ0v) is 18.8. The molecule has 0 bridgehead atoms. The molecular weight excluding hydrogens is 432 g/mol. The van der Waals surface area contributed by atoms with E-state index in [0.717, 1.165) is 11.3 Å². The second kappa shape index (κ2) is 9.97. The Hall–Kier alpha value is -3.85. The summed E-state index contributed by atoms with van der Waals surface area (Å²) in [6.45, 7) is 1.63. The van der Waals surface area contributed by atoms with Crippen molar-refractivity contribution in [3.63, 3.8) is 0 Å². The van der Waals surface area contributed by atoms with E-state index in [4.69, 9.17) is 14.2 Å². The van der Waals surface area contributed by atoms with E-state index in [1.165, 1.54) is 14.2 Å². The van der Waals surface area contributed by atoms with Gasteiger partial charge in [-0.3, -0.25) is 9.59 Å². The molecule has 0 radical (unpaired) electrons. The molecule has 2 amide bonds. The number of esters is 1. The minimum atomic E-state index is -0.655. The molecule has 0 spiro atoms. The summed E-state index contributed by atoms with van der Waals surface area (Å²) in [6.07, 6.45) is 0. The predicted molar refractivity (Wildman–Crippen MR) is 122 cm³/mol. The molecule has 0 aliphatic heterocycles. The van der Waals surface area contributed by atoms with Crippen LogP contribution in [0.2, 0.25) is 0 Å². The number of nitrogens with one attached hydrogen (secondary N) is 2. The molecule has 2 N–H and O–H groups in total. The van der Waals surface area contributed by atoms with Crippen LogP contribution in [-0.2, 0) is 4.74 Å². The fourth-order valence-electron chi connectivity index (χ4n) is 3.03. The topological polar surface area (TPSA) is 103 Å². The van der Waals surface area contributed by atoms with Crippen molar-refractivity contribution in [2.75, 3.05) is 32.0 Å². The summed E-state index contributed by atoms with van der Waals surface area (Å²) >= 11 is 0.991. The third kappa shape index (κ3) is 4.73. The highest BCUT2D eigenvalue weighted by molar-refractivity contribution is 7.19. The number of anilines is 2. The van der Waals surface area contributed by atoms with Crippen molar-refractivity contribution in [3.8, 4) is 11.5 Å². The van der Waals surface area contributed by atoms with Crippen molar-refractivity contribution in [2.24, 2.45) is 0 Å². The number of thiophene rings is 1. The summed E-state index contributed by atoms with van der Waals surface area (Å²) < 4.78 is 15.2. The second-order valence-corrected chi connectivity index (χ2v) is 7.61. The fourth-order valence-corrected chi connectivity index (χ4v) is 4.12. The zero-order valence-electron chi connectivity index (χ0n) is 18.0. The summed E-state index contributed by atoms with van der Waals surface area (Å²) in [5.41, 5.74) is 1.38. The number of carbonyl (C=O) groups is 3. The quantitative estimate of drug-likeness (QED) is 0.514. The van der Waals surface area contributed by atoms with Gasteiger partial charge in [-0.05, 0) is 48.9 Å². The first-order chi connectivity index (χ1) is 15.4. The number of rotatable bonds is 7. The van der Waals surface area contributed by atoms with Crippen molar-refractivity contribution >= 4 is 39.8 Å². The van der Waals surface area contributed by atoms with Gasteiger partial charge in [0.05, 0.1) is 37.3 Å². The first-order valence-electron chi connectivity index (χ1n) is 9.51. The van der Waals surface area contributed by atoms with E-state index in [1.54, 1.807) is 62.6 Å². The van der Waals surface area contributed by atoms with Crippen LogP contribution in [0.1, 0.15) is 36.0 Å². The van der Waals surface area contributed by atoms with Gasteiger partial charge >= 0.3 is 5.97 Å². The van der Waals surface area contributed by atoms with Gasteiger partial charge < -0.3 is 24.8 Å². The Morgan fingerprint density at radius 3 is 2.16 bits per heavy atom. The number of benzene rings is 2.